The molecule has 0 heterocycles. The van der Waals surface area contributed by atoms with Crippen molar-refractivity contribution in [3.05, 3.63) is 105 Å². The Bertz CT molecular complexity index is 869. The van der Waals surface area contributed by atoms with Crippen LogP contribution in [0.15, 0.2) is 66.7 Å². The highest BCUT2D eigenvalue weighted by Gasteiger charge is 2.34. The predicted octanol–water partition coefficient (Wildman–Crippen LogP) is 4.27. The van der Waals surface area contributed by atoms with Gasteiger partial charge in [0, 0.05) is 10.6 Å². The Hall–Kier alpha value is -1.98. The molecular formula is C21H18Cl2F2NO+. The summed E-state index contributed by atoms with van der Waals surface area (Å²) in [6, 6.07) is 16.5. The smallest absolute Gasteiger partial charge is 0.163 e. The van der Waals surface area contributed by atoms with Crippen LogP contribution in [0.4, 0.5) is 8.78 Å². The molecule has 0 unspecified atom stereocenters. The first kappa shape index (κ1) is 19.8. The molecule has 0 atom stereocenters. The van der Waals surface area contributed by atoms with E-state index in [2.05, 4.69) is 0 Å². The van der Waals surface area contributed by atoms with Crippen molar-refractivity contribution in [2.45, 2.75) is 12.1 Å². The Labute approximate surface area is 166 Å². The zero-order chi connectivity index (χ0) is 19.4. The van der Waals surface area contributed by atoms with E-state index in [9.17, 15) is 13.9 Å². The third-order valence-corrected chi connectivity index (χ3v) is 5.05. The van der Waals surface area contributed by atoms with Crippen molar-refractivity contribution in [2.75, 3.05) is 6.54 Å². The van der Waals surface area contributed by atoms with Crippen LogP contribution in [0.2, 0.25) is 10.0 Å². The molecular weight excluding hydrogens is 391 g/mol. The normalized spacial score (nSPS) is 11.6. The van der Waals surface area contributed by atoms with Crippen LogP contribution in [-0.2, 0) is 12.1 Å². The molecule has 0 aromatic heterocycles. The van der Waals surface area contributed by atoms with E-state index in [1.165, 1.54) is 48.5 Å². The Morgan fingerprint density at radius 3 is 1.81 bits per heavy atom. The molecule has 0 saturated carbocycles. The fourth-order valence-electron chi connectivity index (χ4n) is 2.98. The van der Waals surface area contributed by atoms with Gasteiger partial charge >= 0.3 is 0 Å². The highest BCUT2D eigenvalue weighted by Crippen LogP contribution is 2.29. The fourth-order valence-corrected chi connectivity index (χ4v) is 3.46. The molecule has 0 bridgehead atoms. The van der Waals surface area contributed by atoms with Crippen molar-refractivity contribution in [2.24, 2.45) is 0 Å². The topological polar surface area (TPSA) is 36.8 Å². The molecule has 0 aliphatic carbocycles. The summed E-state index contributed by atoms with van der Waals surface area (Å²) in [5.41, 5.74) is 0.505. The molecule has 0 fully saturated rings. The molecule has 0 aliphatic rings. The van der Waals surface area contributed by atoms with Gasteiger partial charge in [-0.3, -0.25) is 0 Å². The summed E-state index contributed by atoms with van der Waals surface area (Å²) >= 11 is 12.1. The van der Waals surface area contributed by atoms with Gasteiger partial charge in [-0.05, 0) is 47.5 Å². The Kier molecular flexibility index (Phi) is 6.12. The highest BCUT2D eigenvalue weighted by atomic mass is 35.5. The number of quaternary nitrogens is 1. The zero-order valence-corrected chi connectivity index (χ0v) is 15.8. The van der Waals surface area contributed by atoms with Crippen LogP contribution >= 0.6 is 23.2 Å². The quantitative estimate of drug-likeness (QED) is 0.627. The summed E-state index contributed by atoms with van der Waals surface area (Å²) in [7, 11) is 0. The van der Waals surface area contributed by atoms with Crippen molar-refractivity contribution in [3.63, 3.8) is 0 Å². The van der Waals surface area contributed by atoms with E-state index < -0.39 is 17.2 Å². The molecule has 0 spiro atoms. The van der Waals surface area contributed by atoms with Gasteiger partial charge < -0.3 is 10.4 Å². The lowest BCUT2D eigenvalue weighted by molar-refractivity contribution is -0.682. The minimum absolute atomic E-state index is 0.239. The maximum absolute atomic E-state index is 13.3. The maximum atomic E-state index is 13.3. The van der Waals surface area contributed by atoms with Gasteiger partial charge in [-0.15, -0.1) is 0 Å². The summed E-state index contributed by atoms with van der Waals surface area (Å²) in [5.74, 6) is -0.783. The van der Waals surface area contributed by atoms with Crippen LogP contribution in [0.25, 0.3) is 0 Å². The van der Waals surface area contributed by atoms with Gasteiger partial charge in [0.25, 0.3) is 0 Å². The lowest BCUT2D eigenvalue weighted by Gasteiger charge is -2.28. The van der Waals surface area contributed by atoms with Gasteiger partial charge in [0.05, 0.1) is 5.02 Å². The number of nitrogens with two attached hydrogens (primary N) is 1. The van der Waals surface area contributed by atoms with Gasteiger partial charge in [-0.1, -0.05) is 53.5 Å². The Balaban J connectivity index is 1.85. The van der Waals surface area contributed by atoms with Crippen molar-refractivity contribution >= 4 is 23.2 Å². The van der Waals surface area contributed by atoms with Gasteiger partial charge in [0.1, 0.15) is 24.7 Å². The third kappa shape index (κ3) is 4.66. The molecule has 3 rings (SSSR count). The van der Waals surface area contributed by atoms with Gasteiger partial charge in [0.15, 0.2) is 5.60 Å². The molecule has 3 aromatic carbocycles. The molecule has 140 valence electrons. The summed E-state index contributed by atoms with van der Waals surface area (Å²) < 4.78 is 26.6. The van der Waals surface area contributed by atoms with Crippen molar-refractivity contribution in [1.29, 1.82) is 0 Å². The van der Waals surface area contributed by atoms with Gasteiger partial charge in [0.2, 0.25) is 0 Å². The van der Waals surface area contributed by atoms with Gasteiger partial charge in [-0.25, -0.2) is 8.78 Å². The minimum atomic E-state index is -1.42. The van der Waals surface area contributed by atoms with Crippen LogP contribution in [0, 0.1) is 11.6 Å². The molecule has 0 aliphatic heterocycles. The number of hydrogen-bond donors (Lipinski definition) is 2. The first-order valence-corrected chi connectivity index (χ1v) is 9.14. The molecule has 3 N–H and O–H groups in total. The van der Waals surface area contributed by atoms with Crippen LogP contribution in [0.3, 0.4) is 0 Å². The molecule has 0 amide bonds. The van der Waals surface area contributed by atoms with E-state index in [0.29, 0.717) is 27.7 Å². The van der Waals surface area contributed by atoms with Crippen LogP contribution < -0.4 is 5.32 Å². The molecule has 0 saturated heterocycles. The predicted molar refractivity (Wildman–Crippen MR) is 103 cm³/mol. The van der Waals surface area contributed by atoms with Crippen molar-refractivity contribution in [3.8, 4) is 0 Å². The van der Waals surface area contributed by atoms with Crippen molar-refractivity contribution < 1.29 is 19.2 Å². The number of rotatable bonds is 6. The zero-order valence-electron chi connectivity index (χ0n) is 14.3. The van der Waals surface area contributed by atoms with E-state index >= 15 is 0 Å². The summed E-state index contributed by atoms with van der Waals surface area (Å²) in [4.78, 5) is 0. The number of aliphatic hydroxyl groups is 1. The Morgan fingerprint density at radius 2 is 1.33 bits per heavy atom. The number of hydrogen-bond acceptors (Lipinski definition) is 1. The lowest BCUT2D eigenvalue weighted by atomic mass is 9.86. The van der Waals surface area contributed by atoms with E-state index in [1.807, 2.05) is 11.4 Å². The second-order valence-corrected chi connectivity index (χ2v) is 7.15. The van der Waals surface area contributed by atoms with Gasteiger partial charge in [-0.2, -0.15) is 0 Å². The molecule has 2 nitrogen and oxygen atoms in total. The second kappa shape index (κ2) is 8.36. The minimum Gasteiger partial charge on any atom is -0.375 e. The van der Waals surface area contributed by atoms with Crippen molar-refractivity contribution in [1.82, 2.24) is 0 Å². The number of benzene rings is 3. The first-order valence-electron chi connectivity index (χ1n) is 8.38. The fraction of sp³-hybridized carbons (Fsp3) is 0.143. The second-order valence-electron chi connectivity index (χ2n) is 6.31. The largest absolute Gasteiger partial charge is 0.375 e. The number of halogens is 4. The molecule has 27 heavy (non-hydrogen) atoms. The average molecular weight is 409 g/mol. The van der Waals surface area contributed by atoms with E-state index in [0.717, 1.165) is 5.56 Å². The van der Waals surface area contributed by atoms with E-state index in [-0.39, 0.29) is 6.54 Å². The standard InChI is InChI=1S/C21H17Cl2F2NO/c22-17-6-1-14(20(23)11-17)12-26-13-21(27,15-2-7-18(24)8-3-15)16-4-9-19(25)10-5-16/h1-11,26-27H,12-13H2/p+1. The monoisotopic (exact) mass is 408 g/mol. The van der Waals surface area contributed by atoms with E-state index in [1.54, 1.807) is 12.1 Å². The maximum Gasteiger partial charge on any atom is 0.163 e. The van der Waals surface area contributed by atoms with E-state index in [4.69, 9.17) is 23.2 Å². The van der Waals surface area contributed by atoms with Crippen LogP contribution in [0.5, 0.6) is 0 Å². The summed E-state index contributed by atoms with van der Waals surface area (Å²) in [6.07, 6.45) is 0. The SMILES string of the molecule is OC(C[NH2+]Cc1ccc(Cl)cc1Cl)(c1ccc(F)cc1)c1ccc(F)cc1. The highest BCUT2D eigenvalue weighted by molar-refractivity contribution is 6.35. The average Bonchev–Trinajstić information content (AvgIpc) is 2.64. The third-order valence-electron chi connectivity index (χ3n) is 4.46. The molecule has 0 radical (unpaired) electrons. The molecule has 6 heteroatoms. The van der Waals surface area contributed by atoms with Crippen LogP contribution in [0.1, 0.15) is 16.7 Å². The summed E-state index contributed by atoms with van der Waals surface area (Å²) in [6.45, 7) is 0.754. The van der Waals surface area contributed by atoms with Crippen LogP contribution in [-0.4, -0.2) is 11.7 Å². The summed E-state index contributed by atoms with van der Waals surface area (Å²) in [5, 5.41) is 14.4. The Morgan fingerprint density at radius 1 is 0.815 bits per heavy atom. The lowest BCUT2D eigenvalue weighted by Crippen LogP contribution is -2.86. The molecule has 3 aromatic rings. The first-order chi connectivity index (χ1) is 12.9.